The number of carbonyl (C=O) groups excluding carboxylic acids is 1. The summed E-state index contributed by atoms with van der Waals surface area (Å²) in [4.78, 5) is 26.0. The van der Waals surface area contributed by atoms with Crippen LogP contribution in [0.2, 0.25) is 0 Å². The Morgan fingerprint density at radius 1 is 1.05 bits per heavy atom. The fourth-order valence-corrected chi connectivity index (χ4v) is 3.97. The molecule has 0 aromatic rings. The van der Waals surface area contributed by atoms with Crippen molar-refractivity contribution in [1.29, 1.82) is 0 Å². The summed E-state index contributed by atoms with van der Waals surface area (Å²) in [5, 5.41) is 12.5. The van der Waals surface area contributed by atoms with Gasteiger partial charge in [0.1, 0.15) is 0 Å². The molecule has 0 spiro atoms. The minimum atomic E-state index is -0.814. The number of rotatable bonds is 6. The van der Waals surface area contributed by atoms with E-state index in [9.17, 15) is 14.7 Å². The molecule has 0 aromatic carbocycles. The first-order valence-corrected chi connectivity index (χ1v) is 8.08. The number of hydrogen-bond donors (Lipinski definition) is 2. The predicted molar refractivity (Wildman–Crippen MR) is 81.0 cm³/mol. The second-order valence-electron chi connectivity index (χ2n) is 7.07. The van der Waals surface area contributed by atoms with Crippen molar-refractivity contribution in [2.45, 2.75) is 63.3 Å². The van der Waals surface area contributed by atoms with Gasteiger partial charge in [-0.2, -0.15) is 0 Å². The molecule has 2 fully saturated rings. The van der Waals surface area contributed by atoms with Crippen LogP contribution in [0, 0.1) is 5.41 Å². The van der Waals surface area contributed by atoms with E-state index < -0.39 is 11.4 Å². The van der Waals surface area contributed by atoms with Crippen molar-refractivity contribution in [2.24, 2.45) is 5.41 Å². The van der Waals surface area contributed by atoms with Crippen LogP contribution >= 0.6 is 0 Å². The molecule has 120 valence electrons. The molecule has 0 heterocycles. The zero-order valence-electron chi connectivity index (χ0n) is 13.3. The molecule has 0 aliphatic heterocycles. The van der Waals surface area contributed by atoms with E-state index in [1.54, 1.807) is 0 Å². The van der Waals surface area contributed by atoms with Gasteiger partial charge in [0.05, 0.1) is 5.41 Å². The Morgan fingerprint density at radius 2 is 1.57 bits per heavy atom. The number of likely N-dealkylation sites (N-methyl/N-ethyl adjacent to an activating group) is 1. The molecule has 0 bridgehead atoms. The maximum Gasteiger partial charge on any atom is 0.310 e. The highest BCUT2D eigenvalue weighted by Crippen LogP contribution is 2.41. The summed E-state index contributed by atoms with van der Waals surface area (Å²) in [6, 6.07) is 0. The Kier molecular flexibility index (Phi) is 4.91. The first kappa shape index (κ1) is 16.3. The van der Waals surface area contributed by atoms with Crippen molar-refractivity contribution in [2.75, 3.05) is 20.6 Å². The Morgan fingerprint density at radius 3 is 2.05 bits per heavy atom. The second kappa shape index (κ2) is 6.34. The van der Waals surface area contributed by atoms with Gasteiger partial charge in [-0.05, 0) is 39.8 Å². The van der Waals surface area contributed by atoms with E-state index >= 15 is 0 Å². The predicted octanol–water partition coefficient (Wildman–Crippen LogP) is 2.01. The lowest BCUT2D eigenvalue weighted by molar-refractivity contribution is -0.151. The third kappa shape index (κ3) is 3.39. The van der Waals surface area contributed by atoms with Gasteiger partial charge in [0.15, 0.2) is 0 Å². The third-order valence-electron chi connectivity index (χ3n) is 5.61. The number of hydrogen-bond acceptors (Lipinski definition) is 3. The number of aliphatic carboxylic acids is 1. The summed E-state index contributed by atoms with van der Waals surface area (Å²) < 4.78 is 0. The van der Waals surface area contributed by atoms with Crippen LogP contribution in [0.3, 0.4) is 0 Å². The molecule has 1 amide bonds. The van der Waals surface area contributed by atoms with Crippen LogP contribution in [0.5, 0.6) is 0 Å². The summed E-state index contributed by atoms with van der Waals surface area (Å²) in [6.07, 6.45) is 7.84. The highest BCUT2D eigenvalue weighted by Gasteiger charge is 2.43. The normalized spacial score (nSPS) is 23.4. The SMILES string of the molecule is CN(C)C1(CNC(=O)CC2(C(=O)O)CCCC2)CCCC1. The van der Waals surface area contributed by atoms with Crippen molar-refractivity contribution in [3.63, 3.8) is 0 Å². The van der Waals surface area contributed by atoms with Crippen LogP contribution in [0.4, 0.5) is 0 Å². The van der Waals surface area contributed by atoms with Gasteiger partial charge in [-0.15, -0.1) is 0 Å². The molecule has 5 nitrogen and oxygen atoms in total. The minimum Gasteiger partial charge on any atom is -0.481 e. The lowest BCUT2D eigenvalue weighted by atomic mass is 9.82. The lowest BCUT2D eigenvalue weighted by Gasteiger charge is -2.36. The molecular formula is C16H28N2O3. The molecule has 21 heavy (non-hydrogen) atoms. The van der Waals surface area contributed by atoms with E-state index in [0.29, 0.717) is 19.4 Å². The molecule has 2 rings (SSSR count). The van der Waals surface area contributed by atoms with Crippen molar-refractivity contribution in [1.82, 2.24) is 10.2 Å². The van der Waals surface area contributed by atoms with Crippen LogP contribution < -0.4 is 5.32 Å². The van der Waals surface area contributed by atoms with E-state index in [1.807, 2.05) is 0 Å². The first-order chi connectivity index (χ1) is 9.90. The number of nitrogens with zero attached hydrogens (tertiary/aromatic N) is 1. The zero-order chi connectivity index (χ0) is 15.5. The second-order valence-corrected chi connectivity index (χ2v) is 7.07. The van der Waals surface area contributed by atoms with E-state index in [2.05, 4.69) is 24.3 Å². The molecule has 5 heteroatoms. The van der Waals surface area contributed by atoms with Crippen LogP contribution in [0.15, 0.2) is 0 Å². The molecular weight excluding hydrogens is 268 g/mol. The molecule has 2 aliphatic rings. The largest absolute Gasteiger partial charge is 0.481 e. The number of carboxylic acid groups (broad SMARTS) is 1. The molecule has 0 saturated heterocycles. The smallest absolute Gasteiger partial charge is 0.310 e. The topological polar surface area (TPSA) is 69.6 Å². The average molecular weight is 296 g/mol. The quantitative estimate of drug-likeness (QED) is 0.786. The summed E-state index contributed by atoms with van der Waals surface area (Å²) in [6.45, 7) is 0.633. The highest BCUT2D eigenvalue weighted by molar-refractivity contribution is 5.85. The summed E-state index contributed by atoms with van der Waals surface area (Å²) in [5.41, 5.74) is -0.757. The fourth-order valence-electron chi connectivity index (χ4n) is 3.97. The summed E-state index contributed by atoms with van der Waals surface area (Å²) >= 11 is 0. The van der Waals surface area contributed by atoms with E-state index in [-0.39, 0.29) is 17.9 Å². The van der Waals surface area contributed by atoms with Crippen molar-refractivity contribution in [3.8, 4) is 0 Å². The van der Waals surface area contributed by atoms with Crippen LogP contribution in [0.25, 0.3) is 0 Å². The maximum atomic E-state index is 12.2. The van der Waals surface area contributed by atoms with Gasteiger partial charge in [0.2, 0.25) is 5.91 Å². The van der Waals surface area contributed by atoms with E-state index in [1.165, 1.54) is 12.8 Å². The Balaban J connectivity index is 1.91. The van der Waals surface area contributed by atoms with Gasteiger partial charge in [-0.25, -0.2) is 0 Å². The van der Waals surface area contributed by atoms with Crippen LogP contribution in [-0.2, 0) is 9.59 Å². The van der Waals surface area contributed by atoms with E-state index in [4.69, 9.17) is 0 Å². The molecule has 0 unspecified atom stereocenters. The zero-order valence-corrected chi connectivity index (χ0v) is 13.3. The van der Waals surface area contributed by atoms with E-state index in [0.717, 1.165) is 25.7 Å². The van der Waals surface area contributed by atoms with Crippen molar-refractivity contribution in [3.05, 3.63) is 0 Å². The van der Waals surface area contributed by atoms with Crippen LogP contribution in [-0.4, -0.2) is 48.1 Å². The molecule has 0 radical (unpaired) electrons. The first-order valence-electron chi connectivity index (χ1n) is 8.08. The number of amides is 1. The lowest BCUT2D eigenvalue weighted by Crippen LogP contribution is -2.51. The Hall–Kier alpha value is -1.10. The average Bonchev–Trinajstić information content (AvgIpc) is 3.06. The third-order valence-corrected chi connectivity index (χ3v) is 5.61. The molecule has 2 saturated carbocycles. The van der Waals surface area contributed by atoms with Crippen molar-refractivity contribution >= 4 is 11.9 Å². The standard InChI is InChI=1S/C16H28N2O3/c1-18(2)16(9-5-6-10-16)12-17-13(19)11-15(14(20)21)7-3-4-8-15/h3-12H2,1-2H3,(H,17,19)(H,20,21). The highest BCUT2D eigenvalue weighted by atomic mass is 16.4. The maximum absolute atomic E-state index is 12.2. The van der Waals surface area contributed by atoms with Gasteiger partial charge < -0.3 is 15.3 Å². The molecule has 0 aromatic heterocycles. The van der Waals surface area contributed by atoms with Gasteiger partial charge in [0, 0.05) is 18.5 Å². The van der Waals surface area contributed by atoms with Gasteiger partial charge in [-0.3, -0.25) is 9.59 Å². The summed E-state index contributed by atoms with van der Waals surface area (Å²) in [7, 11) is 4.13. The molecule has 2 N–H and O–H groups in total. The summed E-state index contributed by atoms with van der Waals surface area (Å²) in [5.74, 6) is -0.911. The monoisotopic (exact) mass is 296 g/mol. The molecule has 2 aliphatic carbocycles. The Labute approximate surface area is 127 Å². The van der Waals surface area contributed by atoms with Crippen molar-refractivity contribution < 1.29 is 14.7 Å². The number of carbonyl (C=O) groups is 2. The van der Waals surface area contributed by atoms with Gasteiger partial charge in [0.25, 0.3) is 0 Å². The molecule has 0 atom stereocenters. The number of carboxylic acids is 1. The van der Waals surface area contributed by atoms with Gasteiger partial charge in [-0.1, -0.05) is 25.7 Å². The number of nitrogens with one attached hydrogen (secondary N) is 1. The minimum absolute atomic E-state index is 0.0573. The van der Waals surface area contributed by atoms with Gasteiger partial charge >= 0.3 is 5.97 Å². The fraction of sp³-hybridized carbons (Fsp3) is 0.875. The van der Waals surface area contributed by atoms with Crippen LogP contribution in [0.1, 0.15) is 57.8 Å². The Bertz CT molecular complexity index is 394.